The molecule has 98 valence electrons. The third kappa shape index (κ3) is 4.02. The molecule has 0 heterocycles. The van der Waals surface area contributed by atoms with Crippen molar-refractivity contribution < 1.29 is 9.59 Å². The molecule has 2 atom stereocenters. The molecule has 2 amide bonds. The third-order valence-electron chi connectivity index (χ3n) is 3.90. The first-order valence-electron chi connectivity index (χ1n) is 6.64. The zero-order valence-electron chi connectivity index (χ0n) is 10.7. The first kappa shape index (κ1) is 14.0. The molecule has 4 N–H and O–H groups in total. The Balaban J connectivity index is 2.62. The van der Waals surface area contributed by atoms with Gasteiger partial charge in [-0.2, -0.15) is 0 Å². The molecule has 0 radical (unpaired) electrons. The molecule has 17 heavy (non-hydrogen) atoms. The number of unbranched alkanes of at least 4 members (excludes halogenated alkanes) is 1. The molecule has 0 aromatic rings. The highest BCUT2D eigenvalue weighted by molar-refractivity contribution is 5.86. The zero-order valence-corrected chi connectivity index (χ0v) is 10.7. The van der Waals surface area contributed by atoms with E-state index in [0.29, 0.717) is 12.3 Å². The van der Waals surface area contributed by atoms with Crippen LogP contribution < -0.4 is 11.5 Å². The average molecular weight is 240 g/mol. The maximum absolute atomic E-state index is 11.5. The average Bonchev–Trinajstić information content (AvgIpc) is 2.19. The lowest BCUT2D eigenvalue weighted by Gasteiger charge is -2.31. The zero-order chi connectivity index (χ0) is 12.8. The molecular weight excluding hydrogens is 216 g/mol. The SMILES string of the molecule is CCCCC(C(N)=O)C(CC1CCC1)C(N)=O. The lowest BCUT2D eigenvalue weighted by atomic mass is 9.74. The lowest BCUT2D eigenvalue weighted by Crippen LogP contribution is -2.39. The monoisotopic (exact) mass is 240 g/mol. The number of amides is 2. The third-order valence-corrected chi connectivity index (χ3v) is 3.90. The quantitative estimate of drug-likeness (QED) is 0.674. The summed E-state index contributed by atoms with van der Waals surface area (Å²) in [7, 11) is 0. The molecule has 0 aliphatic heterocycles. The summed E-state index contributed by atoms with van der Waals surface area (Å²) in [6.07, 6.45) is 6.89. The molecule has 1 aliphatic carbocycles. The predicted molar refractivity (Wildman–Crippen MR) is 66.9 cm³/mol. The standard InChI is InChI=1S/C13H24N2O2/c1-2-3-7-10(12(14)16)11(13(15)17)8-9-5-4-6-9/h9-11H,2-8H2,1H3,(H2,14,16)(H2,15,17). The van der Waals surface area contributed by atoms with E-state index in [-0.39, 0.29) is 23.7 Å². The van der Waals surface area contributed by atoms with Crippen molar-refractivity contribution in [3.05, 3.63) is 0 Å². The Bertz CT molecular complexity index is 275. The van der Waals surface area contributed by atoms with Gasteiger partial charge in [0, 0.05) is 11.8 Å². The molecule has 0 spiro atoms. The first-order valence-corrected chi connectivity index (χ1v) is 6.64. The van der Waals surface area contributed by atoms with Crippen molar-refractivity contribution >= 4 is 11.8 Å². The minimum absolute atomic E-state index is 0.357. The second-order valence-electron chi connectivity index (χ2n) is 5.19. The van der Waals surface area contributed by atoms with Crippen molar-refractivity contribution in [1.82, 2.24) is 0 Å². The summed E-state index contributed by atoms with van der Waals surface area (Å²) in [4.78, 5) is 23.0. The fraction of sp³-hybridized carbons (Fsp3) is 0.846. The molecule has 0 saturated heterocycles. The molecule has 1 aliphatic rings. The van der Waals surface area contributed by atoms with Gasteiger partial charge in [-0.25, -0.2) is 0 Å². The van der Waals surface area contributed by atoms with Crippen LogP contribution in [0, 0.1) is 17.8 Å². The molecule has 1 fully saturated rings. The number of nitrogens with two attached hydrogens (primary N) is 2. The van der Waals surface area contributed by atoms with Crippen molar-refractivity contribution in [2.24, 2.45) is 29.2 Å². The van der Waals surface area contributed by atoms with Crippen LogP contribution in [0.1, 0.15) is 51.9 Å². The van der Waals surface area contributed by atoms with Gasteiger partial charge in [0.25, 0.3) is 0 Å². The van der Waals surface area contributed by atoms with E-state index >= 15 is 0 Å². The summed E-state index contributed by atoms with van der Waals surface area (Å²) < 4.78 is 0. The minimum Gasteiger partial charge on any atom is -0.369 e. The summed E-state index contributed by atoms with van der Waals surface area (Å²) in [6.45, 7) is 2.06. The maximum Gasteiger partial charge on any atom is 0.221 e. The molecule has 1 rings (SSSR count). The Kier molecular flexibility index (Phi) is 5.45. The van der Waals surface area contributed by atoms with Gasteiger partial charge in [-0.1, -0.05) is 39.0 Å². The second-order valence-corrected chi connectivity index (χ2v) is 5.19. The minimum atomic E-state index is -0.374. The number of rotatable bonds is 8. The van der Waals surface area contributed by atoms with Crippen molar-refractivity contribution in [1.29, 1.82) is 0 Å². The molecule has 4 nitrogen and oxygen atoms in total. The fourth-order valence-electron chi connectivity index (χ4n) is 2.53. The summed E-state index contributed by atoms with van der Waals surface area (Å²) in [6, 6.07) is 0. The summed E-state index contributed by atoms with van der Waals surface area (Å²) in [5, 5.41) is 0. The summed E-state index contributed by atoms with van der Waals surface area (Å²) in [5.41, 5.74) is 10.8. The van der Waals surface area contributed by atoms with Gasteiger partial charge in [-0.05, 0) is 18.8 Å². The van der Waals surface area contributed by atoms with E-state index in [1.165, 1.54) is 6.42 Å². The molecule has 2 unspecified atom stereocenters. The molecular formula is C13H24N2O2. The number of carbonyl (C=O) groups is 2. The van der Waals surface area contributed by atoms with Gasteiger partial charge in [-0.15, -0.1) is 0 Å². The van der Waals surface area contributed by atoms with Gasteiger partial charge in [0.1, 0.15) is 0 Å². The normalized spacial score (nSPS) is 19.4. The number of carbonyl (C=O) groups excluding carboxylic acids is 2. The second kappa shape index (κ2) is 6.62. The van der Waals surface area contributed by atoms with Gasteiger partial charge >= 0.3 is 0 Å². The van der Waals surface area contributed by atoms with E-state index in [1.54, 1.807) is 0 Å². The lowest BCUT2D eigenvalue weighted by molar-refractivity contribution is -0.132. The smallest absolute Gasteiger partial charge is 0.221 e. The van der Waals surface area contributed by atoms with Gasteiger partial charge < -0.3 is 11.5 Å². The van der Waals surface area contributed by atoms with E-state index in [9.17, 15) is 9.59 Å². The van der Waals surface area contributed by atoms with Crippen molar-refractivity contribution in [2.45, 2.75) is 51.9 Å². The van der Waals surface area contributed by atoms with Crippen LogP contribution in [0.15, 0.2) is 0 Å². The Morgan fingerprint density at radius 1 is 1.18 bits per heavy atom. The summed E-state index contributed by atoms with van der Waals surface area (Å²) in [5.74, 6) is -0.897. The predicted octanol–water partition coefficient (Wildman–Crippen LogP) is 1.57. The fourth-order valence-corrected chi connectivity index (χ4v) is 2.53. The Morgan fingerprint density at radius 2 is 1.76 bits per heavy atom. The highest BCUT2D eigenvalue weighted by Crippen LogP contribution is 2.35. The van der Waals surface area contributed by atoms with Gasteiger partial charge in [-0.3, -0.25) is 9.59 Å². The van der Waals surface area contributed by atoms with Crippen molar-refractivity contribution in [3.63, 3.8) is 0 Å². The Labute approximate surface area is 103 Å². The van der Waals surface area contributed by atoms with Crippen LogP contribution in [0.3, 0.4) is 0 Å². The van der Waals surface area contributed by atoms with Gasteiger partial charge in [0.2, 0.25) is 11.8 Å². The van der Waals surface area contributed by atoms with E-state index < -0.39 is 0 Å². The van der Waals surface area contributed by atoms with Crippen molar-refractivity contribution in [3.8, 4) is 0 Å². The van der Waals surface area contributed by atoms with Gasteiger partial charge in [0.05, 0.1) is 0 Å². The van der Waals surface area contributed by atoms with Crippen LogP contribution in [0.25, 0.3) is 0 Å². The van der Waals surface area contributed by atoms with Crippen LogP contribution in [0.5, 0.6) is 0 Å². The molecule has 1 saturated carbocycles. The number of hydrogen-bond acceptors (Lipinski definition) is 2. The first-order chi connectivity index (χ1) is 8.06. The number of primary amides is 2. The highest BCUT2D eigenvalue weighted by atomic mass is 16.2. The maximum atomic E-state index is 11.5. The van der Waals surface area contributed by atoms with Crippen molar-refractivity contribution in [2.75, 3.05) is 0 Å². The van der Waals surface area contributed by atoms with Crippen LogP contribution in [0.2, 0.25) is 0 Å². The van der Waals surface area contributed by atoms with Crippen LogP contribution in [-0.2, 0) is 9.59 Å². The molecule has 4 heteroatoms. The van der Waals surface area contributed by atoms with E-state index in [1.807, 2.05) is 0 Å². The Hall–Kier alpha value is -1.06. The van der Waals surface area contributed by atoms with Crippen LogP contribution in [0.4, 0.5) is 0 Å². The Morgan fingerprint density at radius 3 is 2.12 bits per heavy atom. The summed E-state index contributed by atoms with van der Waals surface area (Å²) >= 11 is 0. The molecule has 0 bridgehead atoms. The van der Waals surface area contributed by atoms with Crippen LogP contribution in [-0.4, -0.2) is 11.8 Å². The topological polar surface area (TPSA) is 86.2 Å². The van der Waals surface area contributed by atoms with E-state index in [4.69, 9.17) is 11.5 Å². The van der Waals surface area contributed by atoms with Gasteiger partial charge in [0.15, 0.2) is 0 Å². The number of hydrogen-bond donors (Lipinski definition) is 2. The van der Waals surface area contributed by atoms with E-state index in [2.05, 4.69) is 6.92 Å². The van der Waals surface area contributed by atoms with E-state index in [0.717, 1.165) is 32.1 Å². The molecule has 0 aromatic heterocycles. The molecule has 0 aromatic carbocycles. The largest absolute Gasteiger partial charge is 0.369 e. The highest BCUT2D eigenvalue weighted by Gasteiger charge is 2.33. The van der Waals surface area contributed by atoms with Crippen LogP contribution >= 0.6 is 0 Å².